The number of amides is 2. The Kier molecular flexibility index (Phi) is 8.45. The minimum Gasteiger partial charge on any atom is -0.467 e. The van der Waals surface area contributed by atoms with Gasteiger partial charge in [-0.2, -0.15) is 0 Å². The lowest BCUT2D eigenvalue weighted by atomic mass is 10.1. The summed E-state index contributed by atoms with van der Waals surface area (Å²) in [5, 5.41) is 2.52. The molecule has 1 aromatic carbocycles. The van der Waals surface area contributed by atoms with Crippen molar-refractivity contribution in [3.8, 4) is 0 Å². The number of benzene rings is 1. The highest BCUT2D eigenvalue weighted by molar-refractivity contribution is 5.87. The third kappa shape index (κ3) is 7.02. The molecule has 1 saturated heterocycles. The van der Waals surface area contributed by atoms with Gasteiger partial charge in [0.1, 0.15) is 12.6 Å². The number of nitrogens with zero attached hydrogens (tertiary/aromatic N) is 1. The van der Waals surface area contributed by atoms with Gasteiger partial charge in [0.15, 0.2) is 6.61 Å². The number of carbonyl (C=O) groups is 4. The van der Waals surface area contributed by atoms with E-state index < -0.39 is 30.5 Å². The van der Waals surface area contributed by atoms with E-state index in [2.05, 4.69) is 5.32 Å². The van der Waals surface area contributed by atoms with Gasteiger partial charge in [0.25, 0.3) is 5.91 Å². The normalized spacial score (nSPS) is 15.3. The smallest absolute Gasteiger partial charge is 0.328 e. The zero-order valence-electron chi connectivity index (χ0n) is 16.0. The van der Waals surface area contributed by atoms with Crippen LogP contribution in [0, 0.1) is 0 Å². The molecule has 0 aliphatic carbocycles. The van der Waals surface area contributed by atoms with E-state index >= 15 is 0 Å². The molecular weight excluding hydrogens is 364 g/mol. The summed E-state index contributed by atoms with van der Waals surface area (Å²) in [6, 6.07) is 8.30. The zero-order valence-corrected chi connectivity index (χ0v) is 16.0. The molecule has 1 unspecified atom stereocenters. The highest BCUT2D eigenvalue weighted by Gasteiger charge is 2.24. The molecule has 2 rings (SSSR count). The van der Waals surface area contributed by atoms with Crippen LogP contribution >= 0.6 is 0 Å². The molecule has 2 amide bonds. The molecule has 152 valence electrons. The summed E-state index contributed by atoms with van der Waals surface area (Å²) in [6.07, 6.45) is 3.31. The second-order valence-electron chi connectivity index (χ2n) is 6.62. The van der Waals surface area contributed by atoms with Gasteiger partial charge in [-0.05, 0) is 18.4 Å². The van der Waals surface area contributed by atoms with Gasteiger partial charge in [-0.1, -0.05) is 36.8 Å². The fourth-order valence-corrected chi connectivity index (χ4v) is 2.97. The largest absolute Gasteiger partial charge is 0.467 e. The number of methoxy groups -OCH3 is 1. The van der Waals surface area contributed by atoms with Crippen molar-refractivity contribution >= 4 is 23.8 Å². The van der Waals surface area contributed by atoms with Crippen molar-refractivity contribution in [1.29, 1.82) is 0 Å². The summed E-state index contributed by atoms with van der Waals surface area (Å²) < 4.78 is 9.69. The maximum Gasteiger partial charge on any atom is 0.328 e. The molecule has 1 aromatic rings. The predicted molar refractivity (Wildman–Crippen MR) is 100 cm³/mol. The van der Waals surface area contributed by atoms with Crippen LogP contribution in [0.15, 0.2) is 30.3 Å². The van der Waals surface area contributed by atoms with Crippen LogP contribution in [0.5, 0.6) is 0 Å². The highest BCUT2D eigenvalue weighted by Crippen LogP contribution is 2.11. The Labute approximate surface area is 164 Å². The Morgan fingerprint density at radius 1 is 1.14 bits per heavy atom. The first-order valence-corrected chi connectivity index (χ1v) is 9.34. The third-order valence-electron chi connectivity index (χ3n) is 4.46. The van der Waals surface area contributed by atoms with Gasteiger partial charge in [0.2, 0.25) is 5.91 Å². The first kappa shape index (κ1) is 21.4. The summed E-state index contributed by atoms with van der Waals surface area (Å²) in [7, 11) is 1.24. The molecule has 0 radical (unpaired) electrons. The van der Waals surface area contributed by atoms with Crippen LogP contribution in [0.3, 0.4) is 0 Å². The SMILES string of the molecule is COC(=O)C(Cc1ccccc1)NC(=O)COC(=O)CN1CCCCCC1=O. The number of ether oxygens (including phenoxy) is 2. The van der Waals surface area contributed by atoms with E-state index in [4.69, 9.17) is 9.47 Å². The Hall–Kier alpha value is -2.90. The lowest BCUT2D eigenvalue weighted by Gasteiger charge is -2.19. The minimum atomic E-state index is -0.884. The second-order valence-corrected chi connectivity index (χ2v) is 6.62. The Morgan fingerprint density at radius 3 is 2.61 bits per heavy atom. The molecule has 0 bridgehead atoms. The number of rotatable bonds is 8. The van der Waals surface area contributed by atoms with Crippen molar-refractivity contribution < 1.29 is 28.7 Å². The lowest BCUT2D eigenvalue weighted by Crippen LogP contribution is -2.45. The van der Waals surface area contributed by atoms with Crippen LogP contribution in [0.2, 0.25) is 0 Å². The second kappa shape index (κ2) is 11.1. The maximum absolute atomic E-state index is 12.1. The molecule has 1 heterocycles. The van der Waals surface area contributed by atoms with E-state index in [-0.39, 0.29) is 18.9 Å². The van der Waals surface area contributed by atoms with Crippen molar-refractivity contribution in [1.82, 2.24) is 10.2 Å². The van der Waals surface area contributed by atoms with Crippen LogP contribution in [-0.4, -0.2) is 61.5 Å². The maximum atomic E-state index is 12.1. The summed E-state index contributed by atoms with van der Waals surface area (Å²) in [6.45, 7) is -0.179. The molecule has 0 saturated carbocycles. The fraction of sp³-hybridized carbons (Fsp3) is 0.500. The van der Waals surface area contributed by atoms with Gasteiger partial charge in [0, 0.05) is 19.4 Å². The number of nitrogens with one attached hydrogen (secondary N) is 1. The average Bonchev–Trinajstić information content (AvgIpc) is 2.90. The monoisotopic (exact) mass is 390 g/mol. The predicted octanol–water partition coefficient (Wildman–Crippen LogP) is 0.833. The van der Waals surface area contributed by atoms with E-state index in [1.165, 1.54) is 12.0 Å². The molecule has 0 spiro atoms. The molecular formula is C20H26N2O6. The Bertz CT molecular complexity index is 691. The van der Waals surface area contributed by atoms with E-state index in [1.54, 1.807) is 0 Å². The average molecular weight is 390 g/mol. The minimum absolute atomic E-state index is 0.0764. The summed E-state index contributed by atoms with van der Waals surface area (Å²) >= 11 is 0. The molecule has 8 heteroatoms. The molecule has 0 aromatic heterocycles. The van der Waals surface area contributed by atoms with Gasteiger partial charge in [-0.3, -0.25) is 14.4 Å². The lowest BCUT2D eigenvalue weighted by molar-refractivity contribution is -0.153. The Balaban J connectivity index is 1.82. The molecule has 28 heavy (non-hydrogen) atoms. The molecule has 1 N–H and O–H groups in total. The van der Waals surface area contributed by atoms with Crippen molar-refractivity contribution in [3.63, 3.8) is 0 Å². The van der Waals surface area contributed by atoms with E-state index in [1.807, 2.05) is 30.3 Å². The van der Waals surface area contributed by atoms with Gasteiger partial charge < -0.3 is 19.7 Å². The van der Waals surface area contributed by atoms with Gasteiger partial charge in [-0.25, -0.2) is 4.79 Å². The van der Waals surface area contributed by atoms with E-state index in [9.17, 15) is 19.2 Å². The van der Waals surface area contributed by atoms with Crippen molar-refractivity contribution in [2.75, 3.05) is 26.8 Å². The van der Waals surface area contributed by atoms with Gasteiger partial charge in [0.05, 0.1) is 7.11 Å². The highest BCUT2D eigenvalue weighted by atomic mass is 16.5. The van der Waals surface area contributed by atoms with Gasteiger partial charge in [-0.15, -0.1) is 0 Å². The number of carbonyl (C=O) groups excluding carboxylic acids is 4. The van der Waals surface area contributed by atoms with Crippen molar-refractivity contribution in [2.45, 2.75) is 38.1 Å². The number of esters is 2. The van der Waals surface area contributed by atoms with Crippen LogP contribution < -0.4 is 5.32 Å². The summed E-state index contributed by atoms with van der Waals surface area (Å²) in [5.41, 5.74) is 0.856. The topological polar surface area (TPSA) is 102 Å². The van der Waals surface area contributed by atoms with Crippen molar-refractivity contribution in [2.24, 2.45) is 0 Å². The fourth-order valence-electron chi connectivity index (χ4n) is 2.97. The van der Waals surface area contributed by atoms with E-state index in [0.29, 0.717) is 13.0 Å². The van der Waals surface area contributed by atoms with Crippen LogP contribution in [0.25, 0.3) is 0 Å². The van der Waals surface area contributed by atoms with E-state index in [0.717, 1.165) is 24.8 Å². The van der Waals surface area contributed by atoms with Crippen molar-refractivity contribution in [3.05, 3.63) is 35.9 Å². The standard InChI is InChI=1S/C20H26N2O6/c1-27-20(26)16(12-15-8-4-2-5-9-15)21-17(23)14-28-19(25)13-22-11-7-3-6-10-18(22)24/h2,4-5,8-9,16H,3,6-7,10-14H2,1H3,(H,21,23). The Morgan fingerprint density at radius 2 is 1.89 bits per heavy atom. The molecule has 1 atom stereocenters. The van der Waals surface area contributed by atoms with Crippen LogP contribution in [0.4, 0.5) is 0 Å². The number of hydrogen-bond donors (Lipinski definition) is 1. The quantitative estimate of drug-likeness (QED) is 0.660. The molecule has 1 aliphatic heterocycles. The summed E-state index contributed by atoms with van der Waals surface area (Å²) in [4.78, 5) is 49.3. The molecule has 1 fully saturated rings. The summed E-state index contributed by atoms with van der Waals surface area (Å²) in [5.74, 6) is -1.92. The molecule has 1 aliphatic rings. The first-order valence-electron chi connectivity index (χ1n) is 9.34. The molecule has 8 nitrogen and oxygen atoms in total. The van der Waals surface area contributed by atoms with Gasteiger partial charge >= 0.3 is 11.9 Å². The van der Waals surface area contributed by atoms with Crippen LogP contribution in [0.1, 0.15) is 31.2 Å². The van der Waals surface area contributed by atoms with Crippen LogP contribution in [-0.2, 0) is 35.1 Å². The zero-order chi connectivity index (χ0) is 20.4. The number of likely N-dealkylation sites (tertiary alicyclic amines) is 1. The number of hydrogen-bond acceptors (Lipinski definition) is 6. The third-order valence-corrected chi connectivity index (χ3v) is 4.46. The first-order chi connectivity index (χ1) is 13.5.